The minimum Gasteiger partial charge on any atom is -0.467 e. The molecule has 2 aromatic carbocycles. The van der Waals surface area contributed by atoms with Gasteiger partial charge in [0, 0.05) is 22.7 Å². The zero-order chi connectivity index (χ0) is 22.1. The molecule has 0 bridgehead atoms. The van der Waals surface area contributed by atoms with Crippen LogP contribution in [0.2, 0.25) is 0 Å². The third-order valence-electron chi connectivity index (χ3n) is 5.65. The van der Waals surface area contributed by atoms with Gasteiger partial charge < -0.3 is 19.5 Å². The molecule has 5 rings (SSSR count). The van der Waals surface area contributed by atoms with Crippen LogP contribution in [0.15, 0.2) is 70.2 Å². The number of amides is 3. The molecule has 1 aromatic heterocycles. The number of fused-ring (bicyclic) bond motifs is 2. The second-order valence-corrected chi connectivity index (χ2v) is 8.65. The summed E-state index contributed by atoms with van der Waals surface area (Å²) in [5.41, 5.74) is 3.06. The van der Waals surface area contributed by atoms with Gasteiger partial charge >= 0.3 is 0 Å². The van der Waals surface area contributed by atoms with Gasteiger partial charge in [0.25, 0.3) is 5.91 Å². The molecule has 3 aromatic rings. The molecule has 0 saturated carbocycles. The van der Waals surface area contributed by atoms with E-state index in [0.717, 1.165) is 22.6 Å². The summed E-state index contributed by atoms with van der Waals surface area (Å²) in [4.78, 5) is 42.6. The first kappa shape index (κ1) is 20.4. The minimum atomic E-state index is -0.271. The number of thioether (sulfide) groups is 1. The van der Waals surface area contributed by atoms with Gasteiger partial charge in [-0.1, -0.05) is 18.2 Å². The number of carbonyl (C=O) groups is 3. The lowest BCUT2D eigenvalue weighted by Crippen LogP contribution is -2.44. The monoisotopic (exact) mass is 447 g/mol. The zero-order valence-electron chi connectivity index (χ0n) is 17.2. The molecule has 0 radical (unpaired) electrons. The van der Waals surface area contributed by atoms with Crippen molar-refractivity contribution in [3.05, 3.63) is 77.7 Å². The maximum atomic E-state index is 13.1. The quantitative estimate of drug-likeness (QED) is 0.649. The Bertz CT molecular complexity index is 1190. The van der Waals surface area contributed by atoms with Crippen LogP contribution in [0.3, 0.4) is 0 Å². The Morgan fingerprint density at radius 2 is 1.94 bits per heavy atom. The van der Waals surface area contributed by atoms with Crippen molar-refractivity contribution in [1.29, 1.82) is 0 Å². The number of para-hydroxylation sites is 1. The van der Waals surface area contributed by atoms with Gasteiger partial charge in [-0.25, -0.2) is 0 Å². The number of nitrogens with zero attached hydrogens (tertiary/aromatic N) is 2. The molecule has 3 amide bonds. The lowest BCUT2D eigenvalue weighted by atomic mass is 10.1. The second kappa shape index (κ2) is 8.55. The van der Waals surface area contributed by atoms with Gasteiger partial charge in [0.15, 0.2) is 0 Å². The molecule has 0 spiro atoms. The number of hydrogen-bond acceptors (Lipinski definition) is 5. The number of furan rings is 1. The number of rotatable bonds is 5. The van der Waals surface area contributed by atoms with Crippen molar-refractivity contribution in [3.63, 3.8) is 0 Å². The number of hydrogen-bond donors (Lipinski definition) is 1. The first-order valence-electron chi connectivity index (χ1n) is 10.4. The zero-order valence-corrected chi connectivity index (χ0v) is 18.1. The van der Waals surface area contributed by atoms with E-state index >= 15 is 0 Å². The van der Waals surface area contributed by atoms with Crippen molar-refractivity contribution in [3.8, 4) is 0 Å². The molecule has 0 aliphatic carbocycles. The average Bonchev–Trinajstić information content (AvgIpc) is 3.49. The third kappa shape index (κ3) is 3.89. The topological polar surface area (TPSA) is 82.9 Å². The third-order valence-corrected chi connectivity index (χ3v) is 6.70. The fraction of sp³-hybridized carbons (Fsp3) is 0.208. The maximum Gasteiger partial charge on any atom is 0.251 e. The van der Waals surface area contributed by atoms with Gasteiger partial charge in [0.1, 0.15) is 12.3 Å². The Balaban J connectivity index is 1.35. The highest BCUT2D eigenvalue weighted by atomic mass is 32.2. The Morgan fingerprint density at radius 1 is 1.06 bits per heavy atom. The maximum absolute atomic E-state index is 13.1. The van der Waals surface area contributed by atoms with E-state index in [0.29, 0.717) is 23.6 Å². The molecule has 7 nitrogen and oxygen atoms in total. The van der Waals surface area contributed by atoms with E-state index in [-0.39, 0.29) is 36.6 Å². The van der Waals surface area contributed by atoms with E-state index in [1.165, 1.54) is 16.7 Å². The molecule has 162 valence electrons. The number of carbonyl (C=O) groups excluding carboxylic acids is 3. The van der Waals surface area contributed by atoms with Gasteiger partial charge in [0.05, 0.1) is 24.2 Å². The number of anilines is 2. The van der Waals surface area contributed by atoms with Crippen molar-refractivity contribution < 1.29 is 18.8 Å². The molecule has 2 aliphatic rings. The van der Waals surface area contributed by atoms with Crippen LogP contribution in [-0.4, -0.2) is 36.6 Å². The second-order valence-electron chi connectivity index (χ2n) is 7.64. The first-order chi connectivity index (χ1) is 15.6. The summed E-state index contributed by atoms with van der Waals surface area (Å²) in [6, 6.07) is 16.6. The fourth-order valence-electron chi connectivity index (χ4n) is 4.02. The number of nitrogens with one attached hydrogen (secondary N) is 1. The fourth-order valence-corrected chi connectivity index (χ4v) is 4.93. The van der Waals surface area contributed by atoms with E-state index in [1.54, 1.807) is 35.4 Å². The first-order valence-corrected chi connectivity index (χ1v) is 11.3. The van der Waals surface area contributed by atoms with Gasteiger partial charge in [-0.3, -0.25) is 14.4 Å². The Labute approximate surface area is 189 Å². The van der Waals surface area contributed by atoms with Gasteiger partial charge in [0.2, 0.25) is 11.8 Å². The molecular weight excluding hydrogens is 426 g/mol. The Kier molecular flexibility index (Phi) is 5.45. The molecule has 8 heteroatoms. The van der Waals surface area contributed by atoms with Crippen LogP contribution in [-0.2, 0) is 22.6 Å². The van der Waals surface area contributed by atoms with Crippen LogP contribution < -0.4 is 15.1 Å². The summed E-state index contributed by atoms with van der Waals surface area (Å²) >= 11 is 1.42. The molecule has 0 unspecified atom stereocenters. The highest BCUT2D eigenvalue weighted by Crippen LogP contribution is 2.36. The van der Waals surface area contributed by atoms with Crippen molar-refractivity contribution in [2.45, 2.75) is 17.9 Å². The standard InChI is InChI=1S/C24H21N3O4S/c28-22(26-10-9-16-4-1-2-6-19(16)26)14-27-20-12-17(7-8-21(20)32-15-23(27)29)24(30)25-13-18-5-3-11-31-18/h1-8,11-12H,9-10,13-15H2,(H,25,30). The molecule has 32 heavy (non-hydrogen) atoms. The van der Waals surface area contributed by atoms with E-state index in [2.05, 4.69) is 5.32 Å². The molecular formula is C24H21N3O4S. The lowest BCUT2D eigenvalue weighted by Gasteiger charge is -2.30. The smallest absolute Gasteiger partial charge is 0.251 e. The molecule has 0 saturated heterocycles. The van der Waals surface area contributed by atoms with Crippen LogP contribution >= 0.6 is 11.8 Å². The van der Waals surface area contributed by atoms with Crippen molar-refractivity contribution in [1.82, 2.24) is 5.32 Å². The van der Waals surface area contributed by atoms with Crippen LogP contribution in [0.5, 0.6) is 0 Å². The molecule has 0 atom stereocenters. The summed E-state index contributed by atoms with van der Waals surface area (Å²) in [6.45, 7) is 0.822. The van der Waals surface area contributed by atoms with Crippen LogP contribution in [0, 0.1) is 0 Å². The van der Waals surface area contributed by atoms with Gasteiger partial charge in [-0.2, -0.15) is 0 Å². The largest absolute Gasteiger partial charge is 0.467 e. The Morgan fingerprint density at radius 3 is 2.78 bits per heavy atom. The van der Waals surface area contributed by atoms with Crippen molar-refractivity contribution >= 4 is 40.9 Å². The van der Waals surface area contributed by atoms with Crippen molar-refractivity contribution in [2.24, 2.45) is 0 Å². The molecule has 3 heterocycles. The summed E-state index contributed by atoms with van der Waals surface area (Å²) in [5.74, 6) is 0.374. The molecule has 2 aliphatic heterocycles. The summed E-state index contributed by atoms with van der Waals surface area (Å²) < 4.78 is 5.25. The average molecular weight is 448 g/mol. The highest BCUT2D eigenvalue weighted by Gasteiger charge is 2.31. The van der Waals surface area contributed by atoms with Gasteiger partial charge in [-0.05, 0) is 48.4 Å². The van der Waals surface area contributed by atoms with Crippen molar-refractivity contribution in [2.75, 3.05) is 28.6 Å². The minimum absolute atomic E-state index is 0.0573. The predicted molar refractivity (Wildman–Crippen MR) is 122 cm³/mol. The normalized spacial score (nSPS) is 14.8. The van der Waals surface area contributed by atoms with E-state index in [9.17, 15) is 14.4 Å². The summed E-state index contributed by atoms with van der Waals surface area (Å²) in [5, 5.41) is 2.81. The SMILES string of the molecule is O=C(NCc1ccco1)c1ccc2c(c1)N(CC(=O)N1CCc3ccccc31)C(=O)CS2. The molecule has 0 fully saturated rings. The van der Waals surface area contributed by atoms with E-state index in [4.69, 9.17) is 4.42 Å². The van der Waals surface area contributed by atoms with Gasteiger partial charge in [-0.15, -0.1) is 11.8 Å². The molecule has 1 N–H and O–H groups in total. The number of benzene rings is 2. The summed E-state index contributed by atoms with van der Waals surface area (Å²) in [6.07, 6.45) is 2.36. The Hall–Kier alpha value is -3.52. The van der Waals surface area contributed by atoms with Crippen LogP contribution in [0.1, 0.15) is 21.7 Å². The van der Waals surface area contributed by atoms with Crippen LogP contribution in [0.25, 0.3) is 0 Å². The van der Waals surface area contributed by atoms with Crippen LogP contribution in [0.4, 0.5) is 11.4 Å². The van der Waals surface area contributed by atoms with E-state index < -0.39 is 0 Å². The lowest BCUT2D eigenvalue weighted by molar-refractivity contribution is -0.121. The van der Waals surface area contributed by atoms with E-state index in [1.807, 2.05) is 30.3 Å². The highest BCUT2D eigenvalue weighted by molar-refractivity contribution is 8.00. The summed E-state index contributed by atoms with van der Waals surface area (Å²) in [7, 11) is 0. The predicted octanol–water partition coefficient (Wildman–Crippen LogP) is 3.24.